The molecule has 5 heteroatoms. The predicted molar refractivity (Wildman–Crippen MR) is 290 cm³/mol. The van der Waals surface area contributed by atoms with E-state index < -0.39 is 0 Å². The van der Waals surface area contributed by atoms with Crippen LogP contribution in [0.3, 0.4) is 0 Å². The number of hydrogen-bond donors (Lipinski definition) is 0. The summed E-state index contributed by atoms with van der Waals surface area (Å²) in [6.45, 7) is 7.57. The van der Waals surface area contributed by atoms with Gasteiger partial charge in [0.2, 0.25) is 0 Å². The van der Waals surface area contributed by atoms with Gasteiger partial charge in [-0.1, -0.05) is 172 Å². The lowest BCUT2D eigenvalue weighted by Crippen LogP contribution is -2.26. The number of pyridine rings is 1. The van der Waals surface area contributed by atoms with Crippen LogP contribution in [0.2, 0.25) is 0 Å². The zero-order chi connectivity index (χ0) is 46.5. The number of aromatic nitrogens is 1. The van der Waals surface area contributed by atoms with E-state index in [4.69, 9.17) is 4.98 Å². The molecule has 2 aliphatic rings. The maximum absolute atomic E-state index is 5.04. The number of nitrogens with zero attached hydrogens (tertiary/aromatic N) is 5. The second-order valence-corrected chi connectivity index (χ2v) is 18.9. The van der Waals surface area contributed by atoms with Crippen LogP contribution in [0.4, 0.5) is 57.0 Å². The molecule has 3 heterocycles. The van der Waals surface area contributed by atoms with Crippen LogP contribution >= 0.6 is 0 Å². The third-order valence-corrected chi connectivity index (χ3v) is 13.6. The molecule has 0 atom stereocenters. The van der Waals surface area contributed by atoms with Crippen LogP contribution in [0.5, 0.6) is 0 Å². The SMILES string of the molecule is CC(C)(C)c1ccccc1N1CN(c2cc(-c3ccccc3)cc(N(c3ccccc3)c3ccc4c(c3)N(c3ccccn3)c3ccc(-c5ccccc5)cc3-c3ccccc3-4)c2)c2ccccc21. The summed E-state index contributed by atoms with van der Waals surface area (Å²) < 4.78 is 0. The quantitative estimate of drug-likeness (QED) is 0.151. The van der Waals surface area contributed by atoms with Crippen LogP contribution in [0, 0.1) is 0 Å². The largest absolute Gasteiger partial charge is 0.321 e. The molecule has 0 aliphatic carbocycles. The first-order valence-corrected chi connectivity index (χ1v) is 23.8. The Morgan fingerprint density at radius 3 is 1.68 bits per heavy atom. The van der Waals surface area contributed by atoms with Crippen LogP contribution in [0.25, 0.3) is 44.5 Å². The summed E-state index contributed by atoms with van der Waals surface area (Å²) in [5.41, 5.74) is 20.5. The summed E-state index contributed by atoms with van der Waals surface area (Å²) in [4.78, 5) is 14.8. The first-order valence-electron chi connectivity index (χ1n) is 23.8. The fraction of sp³-hybridized carbons (Fsp3) is 0.0781. The highest BCUT2D eigenvalue weighted by molar-refractivity contribution is 6.04. The topological polar surface area (TPSA) is 25.9 Å². The van der Waals surface area contributed by atoms with E-state index in [-0.39, 0.29) is 5.41 Å². The van der Waals surface area contributed by atoms with Crippen molar-refractivity contribution in [2.45, 2.75) is 26.2 Å². The molecular formula is C64H51N5. The normalized spacial score (nSPS) is 12.7. The Hall–Kier alpha value is -8.67. The van der Waals surface area contributed by atoms with E-state index in [0.717, 1.165) is 62.2 Å². The monoisotopic (exact) mass is 889 g/mol. The van der Waals surface area contributed by atoms with Gasteiger partial charge in [0, 0.05) is 45.8 Å². The van der Waals surface area contributed by atoms with Gasteiger partial charge in [-0.3, -0.25) is 4.90 Å². The molecule has 0 fully saturated rings. The Morgan fingerprint density at radius 1 is 0.377 bits per heavy atom. The van der Waals surface area contributed by atoms with Crippen LogP contribution in [0.15, 0.2) is 243 Å². The second kappa shape index (κ2) is 17.2. The number of fused-ring (bicyclic) bond motifs is 6. The Bertz CT molecular complexity index is 3470. The maximum atomic E-state index is 5.04. The average molecular weight is 890 g/mol. The third kappa shape index (κ3) is 7.59. The van der Waals surface area contributed by atoms with Gasteiger partial charge < -0.3 is 14.7 Å². The fourth-order valence-corrected chi connectivity index (χ4v) is 10.3. The van der Waals surface area contributed by atoms with Crippen LogP contribution < -0.4 is 19.6 Å². The minimum absolute atomic E-state index is 0.0369. The third-order valence-electron chi connectivity index (χ3n) is 13.6. The molecule has 332 valence electrons. The molecule has 0 spiro atoms. The Labute approximate surface area is 405 Å². The lowest BCUT2D eigenvalue weighted by Gasteiger charge is -2.31. The molecular weight excluding hydrogens is 839 g/mol. The minimum Gasteiger partial charge on any atom is -0.321 e. The van der Waals surface area contributed by atoms with Crippen molar-refractivity contribution < 1.29 is 0 Å². The Kier molecular flexibility index (Phi) is 10.4. The van der Waals surface area contributed by atoms with Crippen molar-refractivity contribution in [1.82, 2.24) is 4.98 Å². The molecule has 5 nitrogen and oxygen atoms in total. The van der Waals surface area contributed by atoms with Crippen molar-refractivity contribution in [1.29, 1.82) is 0 Å². The number of para-hydroxylation sites is 4. The van der Waals surface area contributed by atoms with Crippen molar-refractivity contribution in [3.8, 4) is 44.5 Å². The molecule has 2 aliphatic heterocycles. The molecule has 69 heavy (non-hydrogen) atoms. The van der Waals surface area contributed by atoms with Gasteiger partial charge in [-0.2, -0.15) is 0 Å². The first kappa shape index (κ1) is 41.7. The van der Waals surface area contributed by atoms with Crippen molar-refractivity contribution in [2.75, 3.05) is 26.3 Å². The van der Waals surface area contributed by atoms with Gasteiger partial charge in [0.15, 0.2) is 0 Å². The van der Waals surface area contributed by atoms with Gasteiger partial charge in [-0.25, -0.2) is 4.98 Å². The molecule has 0 saturated heterocycles. The molecule has 12 rings (SSSR count). The predicted octanol–water partition coefficient (Wildman–Crippen LogP) is 17.5. The van der Waals surface area contributed by atoms with Gasteiger partial charge in [-0.15, -0.1) is 0 Å². The summed E-state index contributed by atoms with van der Waals surface area (Å²) in [7, 11) is 0. The van der Waals surface area contributed by atoms with E-state index in [1.807, 2.05) is 12.3 Å². The van der Waals surface area contributed by atoms with E-state index in [9.17, 15) is 0 Å². The molecule has 10 aromatic rings. The Balaban J connectivity index is 1.06. The molecule has 0 unspecified atom stereocenters. The summed E-state index contributed by atoms with van der Waals surface area (Å²) in [5, 5.41) is 0. The fourth-order valence-electron chi connectivity index (χ4n) is 10.3. The zero-order valence-corrected chi connectivity index (χ0v) is 39.0. The van der Waals surface area contributed by atoms with Crippen LogP contribution in [-0.2, 0) is 5.41 Å². The van der Waals surface area contributed by atoms with E-state index in [1.165, 1.54) is 44.9 Å². The molecule has 0 radical (unpaired) electrons. The van der Waals surface area contributed by atoms with Gasteiger partial charge in [0.1, 0.15) is 12.5 Å². The second-order valence-electron chi connectivity index (χ2n) is 18.9. The van der Waals surface area contributed by atoms with Crippen LogP contribution in [0.1, 0.15) is 26.3 Å². The molecule has 1 aromatic heterocycles. The smallest absolute Gasteiger partial charge is 0.137 e. The van der Waals surface area contributed by atoms with E-state index in [0.29, 0.717) is 6.67 Å². The van der Waals surface area contributed by atoms with Crippen molar-refractivity contribution in [2.24, 2.45) is 0 Å². The summed E-state index contributed by atoms with van der Waals surface area (Å²) >= 11 is 0. The standard InChI is InChI=1S/C64H51N5/c1-64(2,3)57-29-15-16-30-59(57)67-44-66(60-31-17-18-32-61(60)67)51-39-48(46-23-9-5-10-24-46)40-52(42-51)68(49-25-11-6-12-26-49)50-35-36-55-53-27-13-14-28-54(53)56-41-47(45-21-7-4-8-22-45)34-37-58(56)69(62(55)43-50)63-33-19-20-38-65-63/h4-43H,44H2,1-3H3. The van der Waals surface area contributed by atoms with Gasteiger partial charge in [0.25, 0.3) is 0 Å². The van der Waals surface area contributed by atoms with Crippen molar-refractivity contribution in [3.05, 3.63) is 248 Å². The molecule has 0 saturated carbocycles. The number of benzene rings is 9. The molecule has 0 amide bonds. The van der Waals surface area contributed by atoms with Gasteiger partial charge in [0.05, 0.1) is 22.7 Å². The highest BCUT2D eigenvalue weighted by atomic mass is 15.4. The lowest BCUT2D eigenvalue weighted by molar-refractivity contribution is 0.590. The summed E-state index contributed by atoms with van der Waals surface area (Å²) in [6, 6.07) is 85.8. The van der Waals surface area contributed by atoms with Crippen molar-refractivity contribution in [3.63, 3.8) is 0 Å². The minimum atomic E-state index is -0.0369. The number of rotatable bonds is 8. The zero-order valence-electron chi connectivity index (χ0n) is 39.0. The van der Waals surface area contributed by atoms with E-state index in [1.54, 1.807) is 0 Å². The van der Waals surface area contributed by atoms with E-state index >= 15 is 0 Å². The van der Waals surface area contributed by atoms with Gasteiger partial charge >= 0.3 is 0 Å². The summed E-state index contributed by atoms with van der Waals surface area (Å²) in [6.07, 6.45) is 1.89. The highest BCUT2D eigenvalue weighted by Crippen LogP contribution is 2.54. The van der Waals surface area contributed by atoms with Crippen LogP contribution in [-0.4, -0.2) is 11.7 Å². The Morgan fingerprint density at radius 2 is 0.986 bits per heavy atom. The lowest BCUT2D eigenvalue weighted by atomic mass is 9.85. The number of hydrogen-bond acceptors (Lipinski definition) is 5. The highest BCUT2D eigenvalue weighted by Gasteiger charge is 2.33. The molecule has 0 bridgehead atoms. The number of anilines is 10. The van der Waals surface area contributed by atoms with E-state index in [2.05, 4.69) is 271 Å². The summed E-state index contributed by atoms with van der Waals surface area (Å²) in [5.74, 6) is 0.849. The molecule has 0 N–H and O–H groups in total. The first-order chi connectivity index (χ1) is 33.9. The van der Waals surface area contributed by atoms with Gasteiger partial charge in [-0.05, 0) is 129 Å². The molecule has 9 aromatic carbocycles. The average Bonchev–Trinajstić information content (AvgIpc) is 3.74. The van der Waals surface area contributed by atoms with Crippen molar-refractivity contribution >= 4 is 57.0 Å². The maximum Gasteiger partial charge on any atom is 0.137 e.